The highest BCUT2D eigenvalue weighted by Crippen LogP contribution is 2.31. The third-order valence-corrected chi connectivity index (χ3v) is 4.94. The van der Waals surface area contributed by atoms with Gasteiger partial charge < -0.3 is 5.32 Å². The number of likely N-dealkylation sites (N-methyl/N-ethyl adjacent to an activating group) is 1. The van der Waals surface area contributed by atoms with Crippen molar-refractivity contribution in [2.24, 2.45) is 11.8 Å². The molecule has 1 N–H and O–H groups in total. The lowest BCUT2D eigenvalue weighted by Crippen LogP contribution is -2.37. The Balaban J connectivity index is 2.03. The lowest BCUT2D eigenvalue weighted by Gasteiger charge is -2.33. The van der Waals surface area contributed by atoms with Crippen LogP contribution in [0.1, 0.15) is 49.3 Å². The predicted octanol–water partition coefficient (Wildman–Crippen LogP) is 4.26. The van der Waals surface area contributed by atoms with E-state index in [-0.39, 0.29) is 0 Å². The number of hydrogen-bond acceptors (Lipinski definition) is 1. The van der Waals surface area contributed by atoms with Crippen molar-refractivity contribution < 1.29 is 0 Å². The third-order valence-electron chi connectivity index (χ3n) is 4.94. The standard InChI is InChI=1S/C18H29N/c1-13-6-5-7-17(10-13)18(19-4)12-16-9-8-14(2)15(3)11-16/h8-9,11,13,17-19H,5-7,10,12H2,1-4H3. The largest absolute Gasteiger partial charge is 0.316 e. The van der Waals surface area contributed by atoms with E-state index in [9.17, 15) is 0 Å². The first kappa shape index (κ1) is 14.6. The van der Waals surface area contributed by atoms with Crippen molar-refractivity contribution >= 4 is 0 Å². The van der Waals surface area contributed by atoms with E-state index >= 15 is 0 Å². The van der Waals surface area contributed by atoms with Gasteiger partial charge in [-0.2, -0.15) is 0 Å². The average Bonchev–Trinajstić information content (AvgIpc) is 2.40. The molecule has 1 aliphatic rings. The molecule has 3 unspecified atom stereocenters. The molecule has 0 spiro atoms. The van der Waals surface area contributed by atoms with Gasteiger partial charge in [0.15, 0.2) is 0 Å². The van der Waals surface area contributed by atoms with Gasteiger partial charge >= 0.3 is 0 Å². The van der Waals surface area contributed by atoms with Gasteiger partial charge in [-0.25, -0.2) is 0 Å². The maximum atomic E-state index is 3.57. The molecule has 1 nitrogen and oxygen atoms in total. The van der Waals surface area contributed by atoms with Gasteiger partial charge in [0.1, 0.15) is 0 Å². The molecule has 0 aromatic heterocycles. The third kappa shape index (κ3) is 3.82. The van der Waals surface area contributed by atoms with Crippen LogP contribution in [0.25, 0.3) is 0 Å². The van der Waals surface area contributed by atoms with E-state index in [1.54, 1.807) is 0 Å². The Kier molecular flexibility index (Phi) is 5.04. The monoisotopic (exact) mass is 259 g/mol. The van der Waals surface area contributed by atoms with Crippen molar-refractivity contribution in [1.29, 1.82) is 0 Å². The molecular formula is C18H29N. The molecule has 19 heavy (non-hydrogen) atoms. The van der Waals surface area contributed by atoms with Gasteiger partial charge in [-0.05, 0) is 68.7 Å². The van der Waals surface area contributed by atoms with Crippen LogP contribution in [0.4, 0.5) is 0 Å². The highest BCUT2D eigenvalue weighted by molar-refractivity contribution is 5.30. The lowest BCUT2D eigenvalue weighted by molar-refractivity contribution is 0.227. The number of hydrogen-bond donors (Lipinski definition) is 1. The number of benzene rings is 1. The molecule has 0 heterocycles. The summed E-state index contributed by atoms with van der Waals surface area (Å²) in [5.74, 6) is 1.77. The zero-order valence-corrected chi connectivity index (χ0v) is 13.0. The topological polar surface area (TPSA) is 12.0 Å². The molecule has 0 amide bonds. The van der Waals surface area contributed by atoms with E-state index in [1.807, 2.05) is 0 Å². The van der Waals surface area contributed by atoms with Gasteiger partial charge in [0.25, 0.3) is 0 Å². The Morgan fingerprint density at radius 1 is 1.21 bits per heavy atom. The summed E-state index contributed by atoms with van der Waals surface area (Å²) < 4.78 is 0. The number of nitrogens with one attached hydrogen (secondary N) is 1. The van der Waals surface area contributed by atoms with Gasteiger partial charge in [0.05, 0.1) is 0 Å². The average molecular weight is 259 g/mol. The Labute approximate surface area is 118 Å². The zero-order valence-electron chi connectivity index (χ0n) is 13.0. The molecule has 1 fully saturated rings. The fourth-order valence-electron chi connectivity index (χ4n) is 3.54. The summed E-state index contributed by atoms with van der Waals surface area (Å²) in [6.45, 7) is 6.82. The minimum atomic E-state index is 0.643. The van der Waals surface area contributed by atoms with Crippen molar-refractivity contribution in [2.45, 2.75) is 58.9 Å². The summed E-state index contributed by atoms with van der Waals surface area (Å²) in [7, 11) is 2.13. The van der Waals surface area contributed by atoms with Crippen LogP contribution < -0.4 is 5.32 Å². The Bertz CT molecular complexity index is 410. The normalized spacial score (nSPS) is 25.3. The second kappa shape index (κ2) is 6.56. The van der Waals surface area contributed by atoms with E-state index in [1.165, 1.54) is 48.8 Å². The number of rotatable bonds is 4. The summed E-state index contributed by atoms with van der Waals surface area (Å²) in [6.07, 6.45) is 6.82. The van der Waals surface area contributed by atoms with Gasteiger partial charge in [-0.1, -0.05) is 38.0 Å². The first-order valence-electron chi connectivity index (χ1n) is 7.83. The summed E-state index contributed by atoms with van der Waals surface area (Å²) in [5.41, 5.74) is 4.31. The van der Waals surface area contributed by atoms with Crippen molar-refractivity contribution in [3.63, 3.8) is 0 Å². The zero-order chi connectivity index (χ0) is 13.8. The Morgan fingerprint density at radius 3 is 2.63 bits per heavy atom. The fourth-order valence-corrected chi connectivity index (χ4v) is 3.54. The predicted molar refractivity (Wildman–Crippen MR) is 83.6 cm³/mol. The Hall–Kier alpha value is -0.820. The smallest absolute Gasteiger partial charge is 0.0133 e. The molecular weight excluding hydrogens is 230 g/mol. The molecule has 0 radical (unpaired) electrons. The minimum Gasteiger partial charge on any atom is -0.316 e. The molecule has 2 rings (SSSR count). The van der Waals surface area contributed by atoms with Crippen molar-refractivity contribution in [3.8, 4) is 0 Å². The SMILES string of the molecule is CNC(Cc1ccc(C)c(C)c1)C1CCCC(C)C1. The molecule has 106 valence electrons. The van der Waals surface area contributed by atoms with Crippen LogP contribution in [0.2, 0.25) is 0 Å². The summed E-state index contributed by atoms with van der Waals surface area (Å²) >= 11 is 0. The lowest BCUT2D eigenvalue weighted by atomic mass is 9.77. The Morgan fingerprint density at radius 2 is 2.00 bits per heavy atom. The highest BCUT2D eigenvalue weighted by Gasteiger charge is 2.25. The van der Waals surface area contributed by atoms with Crippen LogP contribution in [0.5, 0.6) is 0 Å². The molecule has 1 aromatic rings. The second-order valence-corrected chi connectivity index (χ2v) is 6.55. The van der Waals surface area contributed by atoms with Gasteiger partial charge in [0, 0.05) is 6.04 Å². The fraction of sp³-hybridized carbons (Fsp3) is 0.667. The molecule has 0 bridgehead atoms. The van der Waals surface area contributed by atoms with E-state index < -0.39 is 0 Å². The van der Waals surface area contributed by atoms with E-state index in [0.717, 1.165) is 11.8 Å². The van der Waals surface area contributed by atoms with Crippen molar-refractivity contribution in [3.05, 3.63) is 34.9 Å². The van der Waals surface area contributed by atoms with Crippen LogP contribution in [-0.4, -0.2) is 13.1 Å². The molecule has 1 heteroatoms. The van der Waals surface area contributed by atoms with E-state index in [2.05, 4.69) is 51.3 Å². The van der Waals surface area contributed by atoms with Gasteiger partial charge in [0.2, 0.25) is 0 Å². The first-order valence-corrected chi connectivity index (χ1v) is 7.83. The first-order chi connectivity index (χ1) is 9.10. The molecule has 0 saturated heterocycles. The number of aryl methyl sites for hydroxylation is 2. The van der Waals surface area contributed by atoms with Crippen LogP contribution in [0.3, 0.4) is 0 Å². The molecule has 1 saturated carbocycles. The van der Waals surface area contributed by atoms with Crippen LogP contribution in [0.15, 0.2) is 18.2 Å². The van der Waals surface area contributed by atoms with Crippen LogP contribution in [0, 0.1) is 25.7 Å². The quantitative estimate of drug-likeness (QED) is 0.852. The summed E-state index contributed by atoms with van der Waals surface area (Å²) in [4.78, 5) is 0. The highest BCUT2D eigenvalue weighted by atomic mass is 14.9. The molecule has 3 atom stereocenters. The molecule has 0 aliphatic heterocycles. The maximum absolute atomic E-state index is 3.57. The van der Waals surface area contributed by atoms with Crippen molar-refractivity contribution in [2.75, 3.05) is 7.05 Å². The second-order valence-electron chi connectivity index (χ2n) is 6.55. The van der Waals surface area contributed by atoms with Crippen LogP contribution >= 0.6 is 0 Å². The molecule has 1 aromatic carbocycles. The van der Waals surface area contributed by atoms with Gasteiger partial charge in [-0.15, -0.1) is 0 Å². The minimum absolute atomic E-state index is 0.643. The van der Waals surface area contributed by atoms with E-state index in [4.69, 9.17) is 0 Å². The maximum Gasteiger partial charge on any atom is 0.0133 e. The van der Waals surface area contributed by atoms with Crippen molar-refractivity contribution in [1.82, 2.24) is 5.32 Å². The van der Waals surface area contributed by atoms with Gasteiger partial charge in [-0.3, -0.25) is 0 Å². The van der Waals surface area contributed by atoms with Crippen LogP contribution in [-0.2, 0) is 6.42 Å². The summed E-state index contributed by atoms with van der Waals surface area (Å²) in [5, 5.41) is 3.57. The van der Waals surface area contributed by atoms with E-state index in [0.29, 0.717) is 6.04 Å². The summed E-state index contributed by atoms with van der Waals surface area (Å²) in [6, 6.07) is 7.58. The molecule has 1 aliphatic carbocycles.